The highest BCUT2D eigenvalue weighted by Crippen LogP contribution is 2.25. The molecule has 0 aliphatic carbocycles. The van der Waals surface area contributed by atoms with E-state index in [1.807, 2.05) is 18.7 Å². The molecule has 0 radical (unpaired) electrons. The lowest BCUT2D eigenvalue weighted by atomic mass is 10.2. The summed E-state index contributed by atoms with van der Waals surface area (Å²) in [5.74, 6) is 1.12. The van der Waals surface area contributed by atoms with Gasteiger partial charge in [-0.05, 0) is 25.0 Å². The fraction of sp³-hybridized carbons (Fsp3) is 0.692. The van der Waals surface area contributed by atoms with Gasteiger partial charge in [-0.3, -0.25) is 14.3 Å². The number of hydrogen-bond acceptors (Lipinski definition) is 3. The number of H-pyrrole nitrogens is 1. The minimum atomic E-state index is -0.388. The zero-order valence-corrected chi connectivity index (χ0v) is 12.6. The van der Waals surface area contributed by atoms with Crippen LogP contribution in [0, 0.1) is 0 Å². The van der Waals surface area contributed by atoms with Crippen LogP contribution >= 0.6 is 23.4 Å². The Kier molecular flexibility index (Phi) is 5.16. The normalized spacial score (nSPS) is 19.6. The van der Waals surface area contributed by atoms with Gasteiger partial charge in [-0.1, -0.05) is 31.4 Å². The maximum Gasteiger partial charge on any atom is 0.329 e. The molecule has 106 valence electrons. The summed E-state index contributed by atoms with van der Waals surface area (Å²) in [6.07, 6.45) is 4.92. The molecular weight excluding hydrogens is 284 g/mol. The number of nitrogens with one attached hydrogen (secondary N) is 1. The third-order valence-corrected chi connectivity index (χ3v) is 5.09. The third-order valence-electron chi connectivity index (χ3n) is 3.39. The number of nitrogens with zero attached hydrogens (tertiary/aromatic N) is 1. The molecule has 1 saturated heterocycles. The summed E-state index contributed by atoms with van der Waals surface area (Å²) in [6, 6.07) is 0. The number of halogens is 1. The molecule has 19 heavy (non-hydrogen) atoms. The SMILES string of the molecule is CCCc1c(Cl)[nH]c(=O)n(CC2CCCCS2)c1=O. The van der Waals surface area contributed by atoms with Crippen molar-refractivity contribution in [3.8, 4) is 0 Å². The van der Waals surface area contributed by atoms with Crippen LogP contribution in [0.3, 0.4) is 0 Å². The van der Waals surface area contributed by atoms with E-state index in [0.29, 0.717) is 23.8 Å². The van der Waals surface area contributed by atoms with Crippen LogP contribution in [0.25, 0.3) is 0 Å². The van der Waals surface area contributed by atoms with E-state index in [0.717, 1.165) is 18.6 Å². The molecule has 1 aliphatic heterocycles. The summed E-state index contributed by atoms with van der Waals surface area (Å²) in [5.41, 5.74) is -0.0765. The largest absolute Gasteiger partial charge is 0.329 e. The van der Waals surface area contributed by atoms with E-state index in [2.05, 4.69) is 4.98 Å². The molecule has 0 aromatic carbocycles. The number of thioether (sulfide) groups is 1. The minimum Gasteiger partial charge on any atom is -0.297 e. The molecular formula is C13H19ClN2O2S. The Hall–Kier alpha value is -0.680. The summed E-state index contributed by atoms with van der Waals surface area (Å²) < 4.78 is 1.32. The van der Waals surface area contributed by atoms with E-state index in [-0.39, 0.29) is 16.4 Å². The van der Waals surface area contributed by atoms with Crippen LogP contribution in [0.4, 0.5) is 0 Å². The van der Waals surface area contributed by atoms with Crippen LogP contribution in [0.5, 0.6) is 0 Å². The van der Waals surface area contributed by atoms with Crippen molar-refractivity contribution in [1.82, 2.24) is 9.55 Å². The molecule has 0 amide bonds. The zero-order valence-electron chi connectivity index (χ0n) is 11.1. The standard InChI is InChI=1S/C13H19ClN2O2S/c1-2-5-10-11(14)15-13(18)16(12(10)17)8-9-6-3-4-7-19-9/h9H,2-8H2,1H3,(H,15,18). The predicted molar refractivity (Wildman–Crippen MR) is 80.4 cm³/mol. The predicted octanol–water partition coefficient (Wildman–Crippen LogP) is 2.43. The van der Waals surface area contributed by atoms with Crippen molar-refractivity contribution in [3.63, 3.8) is 0 Å². The van der Waals surface area contributed by atoms with E-state index < -0.39 is 0 Å². The van der Waals surface area contributed by atoms with Gasteiger partial charge in [0, 0.05) is 11.8 Å². The van der Waals surface area contributed by atoms with Gasteiger partial charge in [0.2, 0.25) is 0 Å². The summed E-state index contributed by atoms with van der Waals surface area (Å²) in [4.78, 5) is 26.8. The summed E-state index contributed by atoms with van der Waals surface area (Å²) in [5, 5.41) is 0.563. The van der Waals surface area contributed by atoms with Crippen LogP contribution in [0.1, 0.15) is 38.2 Å². The van der Waals surface area contributed by atoms with Gasteiger partial charge in [0.15, 0.2) is 0 Å². The first-order chi connectivity index (χ1) is 9.13. The van der Waals surface area contributed by atoms with Crippen molar-refractivity contribution in [2.75, 3.05) is 5.75 Å². The highest BCUT2D eigenvalue weighted by Gasteiger charge is 2.18. The van der Waals surface area contributed by atoms with E-state index >= 15 is 0 Å². The maximum absolute atomic E-state index is 12.3. The van der Waals surface area contributed by atoms with Crippen LogP contribution in [-0.4, -0.2) is 20.6 Å². The Morgan fingerprint density at radius 3 is 2.84 bits per heavy atom. The second kappa shape index (κ2) is 6.66. The molecule has 1 fully saturated rings. The molecule has 2 rings (SSSR count). The Morgan fingerprint density at radius 2 is 2.21 bits per heavy atom. The molecule has 6 heteroatoms. The van der Waals surface area contributed by atoms with Crippen molar-refractivity contribution in [2.45, 2.75) is 50.8 Å². The minimum absolute atomic E-state index is 0.199. The first kappa shape index (κ1) is 14.7. The highest BCUT2D eigenvalue weighted by molar-refractivity contribution is 7.99. The Balaban J connectivity index is 2.31. The van der Waals surface area contributed by atoms with Crippen molar-refractivity contribution >= 4 is 23.4 Å². The van der Waals surface area contributed by atoms with Crippen molar-refractivity contribution in [2.24, 2.45) is 0 Å². The van der Waals surface area contributed by atoms with Gasteiger partial charge in [-0.2, -0.15) is 11.8 Å². The van der Waals surface area contributed by atoms with Gasteiger partial charge in [-0.25, -0.2) is 4.79 Å². The quantitative estimate of drug-likeness (QED) is 0.869. The highest BCUT2D eigenvalue weighted by atomic mass is 35.5. The van der Waals surface area contributed by atoms with Crippen LogP contribution in [0.15, 0.2) is 9.59 Å². The first-order valence-electron chi connectivity index (χ1n) is 6.76. The van der Waals surface area contributed by atoms with Crippen molar-refractivity contribution in [3.05, 3.63) is 31.6 Å². The smallest absolute Gasteiger partial charge is 0.297 e. The number of aromatic nitrogens is 2. The van der Waals surface area contributed by atoms with Gasteiger partial charge >= 0.3 is 5.69 Å². The number of hydrogen-bond donors (Lipinski definition) is 1. The van der Waals surface area contributed by atoms with Gasteiger partial charge in [0.05, 0.1) is 5.56 Å². The van der Waals surface area contributed by atoms with Gasteiger partial charge in [-0.15, -0.1) is 0 Å². The molecule has 4 nitrogen and oxygen atoms in total. The fourth-order valence-corrected chi connectivity index (χ4v) is 3.92. The molecule has 2 heterocycles. The first-order valence-corrected chi connectivity index (χ1v) is 8.19. The lowest BCUT2D eigenvalue weighted by Gasteiger charge is -2.21. The van der Waals surface area contributed by atoms with Crippen molar-refractivity contribution in [1.29, 1.82) is 0 Å². The monoisotopic (exact) mass is 302 g/mol. The van der Waals surface area contributed by atoms with E-state index in [4.69, 9.17) is 11.6 Å². The second-order valence-electron chi connectivity index (χ2n) is 4.88. The molecule has 1 N–H and O–H groups in total. The Morgan fingerprint density at radius 1 is 1.42 bits per heavy atom. The Labute approximate surface area is 121 Å². The fourth-order valence-electron chi connectivity index (χ4n) is 2.37. The lowest BCUT2D eigenvalue weighted by Crippen LogP contribution is -2.40. The Bertz CT molecular complexity index is 547. The zero-order chi connectivity index (χ0) is 13.8. The molecule has 0 saturated carbocycles. The molecule has 1 unspecified atom stereocenters. The van der Waals surface area contributed by atoms with Gasteiger partial charge < -0.3 is 0 Å². The average Bonchev–Trinajstić information content (AvgIpc) is 2.41. The summed E-state index contributed by atoms with van der Waals surface area (Å²) in [6.45, 7) is 2.48. The molecule has 1 aromatic heterocycles. The molecule has 1 aromatic rings. The van der Waals surface area contributed by atoms with Gasteiger partial charge in [0.1, 0.15) is 5.15 Å². The van der Waals surface area contributed by atoms with Crippen molar-refractivity contribution < 1.29 is 0 Å². The van der Waals surface area contributed by atoms with E-state index in [1.165, 1.54) is 17.4 Å². The molecule has 1 aliphatic rings. The van der Waals surface area contributed by atoms with E-state index in [1.54, 1.807) is 0 Å². The van der Waals surface area contributed by atoms with Crippen LogP contribution in [0.2, 0.25) is 5.15 Å². The molecule has 0 bridgehead atoms. The van der Waals surface area contributed by atoms with Crippen LogP contribution < -0.4 is 11.2 Å². The number of aromatic amines is 1. The van der Waals surface area contributed by atoms with Gasteiger partial charge in [0.25, 0.3) is 5.56 Å². The maximum atomic E-state index is 12.3. The lowest BCUT2D eigenvalue weighted by molar-refractivity contribution is 0.548. The number of rotatable bonds is 4. The molecule has 0 spiro atoms. The summed E-state index contributed by atoms with van der Waals surface area (Å²) >= 11 is 7.81. The average molecular weight is 303 g/mol. The van der Waals surface area contributed by atoms with Crippen LogP contribution in [-0.2, 0) is 13.0 Å². The summed E-state index contributed by atoms with van der Waals surface area (Å²) in [7, 11) is 0. The topological polar surface area (TPSA) is 54.9 Å². The second-order valence-corrected chi connectivity index (χ2v) is 6.66. The molecule has 1 atom stereocenters. The van der Waals surface area contributed by atoms with E-state index in [9.17, 15) is 9.59 Å². The third kappa shape index (κ3) is 3.45.